The Kier molecular flexibility index (Phi) is 3.23. The molecule has 1 aromatic carbocycles. The van der Waals surface area contributed by atoms with Crippen LogP contribution in [0.1, 0.15) is 26.2 Å². The van der Waals surface area contributed by atoms with Gasteiger partial charge in [-0.15, -0.1) is 0 Å². The van der Waals surface area contributed by atoms with Gasteiger partial charge in [0.15, 0.2) is 0 Å². The van der Waals surface area contributed by atoms with Crippen molar-refractivity contribution in [1.82, 2.24) is 10.1 Å². The van der Waals surface area contributed by atoms with Gasteiger partial charge in [-0.25, -0.2) is 0 Å². The maximum atomic E-state index is 5.71. The summed E-state index contributed by atoms with van der Waals surface area (Å²) in [6.45, 7) is 4.03. The maximum Gasteiger partial charge on any atom is 0.253 e. The van der Waals surface area contributed by atoms with Crippen molar-refractivity contribution in [3.8, 4) is 11.4 Å². The SMILES string of the molecule is CC/C=C(\C)c1nc(-c2cccc(N)c2)no1. The first-order valence-corrected chi connectivity index (χ1v) is 5.57. The Balaban J connectivity index is 2.33. The van der Waals surface area contributed by atoms with E-state index in [0.717, 1.165) is 17.6 Å². The lowest BCUT2D eigenvalue weighted by molar-refractivity contribution is 0.408. The Morgan fingerprint density at radius 1 is 1.47 bits per heavy atom. The van der Waals surface area contributed by atoms with Gasteiger partial charge in [0.25, 0.3) is 5.89 Å². The highest BCUT2D eigenvalue weighted by Gasteiger charge is 2.09. The van der Waals surface area contributed by atoms with E-state index in [1.165, 1.54) is 0 Å². The fourth-order valence-electron chi connectivity index (χ4n) is 1.57. The van der Waals surface area contributed by atoms with Crippen molar-refractivity contribution in [3.63, 3.8) is 0 Å². The zero-order valence-electron chi connectivity index (χ0n) is 9.97. The van der Waals surface area contributed by atoms with E-state index in [-0.39, 0.29) is 0 Å². The van der Waals surface area contributed by atoms with Gasteiger partial charge in [-0.3, -0.25) is 0 Å². The molecule has 2 aromatic rings. The average Bonchev–Trinajstić information content (AvgIpc) is 2.78. The molecule has 0 radical (unpaired) electrons. The monoisotopic (exact) mass is 229 g/mol. The van der Waals surface area contributed by atoms with Crippen LogP contribution < -0.4 is 5.73 Å². The molecule has 1 heterocycles. The van der Waals surface area contributed by atoms with Crippen LogP contribution in [-0.4, -0.2) is 10.1 Å². The van der Waals surface area contributed by atoms with E-state index in [4.69, 9.17) is 10.3 Å². The summed E-state index contributed by atoms with van der Waals surface area (Å²) in [6.07, 6.45) is 3.00. The van der Waals surface area contributed by atoms with Crippen molar-refractivity contribution in [2.75, 3.05) is 5.73 Å². The lowest BCUT2D eigenvalue weighted by atomic mass is 10.2. The van der Waals surface area contributed by atoms with Crippen LogP contribution >= 0.6 is 0 Å². The molecule has 4 nitrogen and oxygen atoms in total. The molecule has 0 amide bonds. The first kappa shape index (κ1) is 11.4. The minimum Gasteiger partial charge on any atom is -0.399 e. The summed E-state index contributed by atoms with van der Waals surface area (Å²) in [5, 5.41) is 3.95. The molecule has 0 bridgehead atoms. The number of nitrogen functional groups attached to an aromatic ring is 1. The molecule has 0 aliphatic heterocycles. The first-order chi connectivity index (χ1) is 8.20. The van der Waals surface area contributed by atoms with Gasteiger partial charge in [0, 0.05) is 16.8 Å². The summed E-state index contributed by atoms with van der Waals surface area (Å²) in [5.41, 5.74) is 8.26. The topological polar surface area (TPSA) is 64.9 Å². The van der Waals surface area contributed by atoms with E-state index in [2.05, 4.69) is 23.1 Å². The Bertz CT molecular complexity index is 543. The number of nitrogens with two attached hydrogens (primary N) is 1. The van der Waals surface area contributed by atoms with Crippen molar-refractivity contribution in [2.45, 2.75) is 20.3 Å². The number of allylic oxidation sites excluding steroid dienone is 2. The molecular weight excluding hydrogens is 214 g/mol. The molecule has 0 unspecified atom stereocenters. The van der Waals surface area contributed by atoms with E-state index < -0.39 is 0 Å². The number of hydrogen-bond acceptors (Lipinski definition) is 4. The molecule has 4 heteroatoms. The maximum absolute atomic E-state index is 5.71. The van der Waals surface area contributed by atoms with Gasteiger partial charge in [-0.1, -0.05) is 30.3 Å². The number of rotatable bonds is 3. The Morgan fingerprint density at radius 2 is 2.29 bits per heavy atom. The fourth-order valence-corrected chi connectivity index (χ4v) is 1.57. The molecule has 0 spiro atoms. The molecule has 88 valence electrons. The van der Waals surface area contributed by atoms with Crippen LogP contribution in [0.3, 0.4) is 0 Å². The third kappa shape index (κ3) is 2.53. The number of benzene rings is 1. The Labute approximate surface area is 100 Å². The molecular formula is C13H15N3O. The lowest BCUT2D eigenvalue weighted by Gasteiger charge is -1.95. The number of anilines is 1. The molecule has 2 N–H and O–H groups in total. The highest BCUT2D eigenvalue weighted by atomic mass is 16.5. The van der Waals surface area contributed by atoms with Crippen molar-refractivity contribution in [2.24, 2.45) is 0 Å². The second kappa shape index (κ2) is 4.82. The van der Waals surface area contributed by atoms with E-state index in [9.17, 15) is 0 Å². The second-order valence-electron chi connectivity index (χ2n) is 3.84. The summed E-state index contributed by atoms with van der Waals surface area (Å²) in [7, 11) is 0. The van der Waals surface area contributed by atoms with Gasteiger partial charge in [0.2, 0.25) is 5.82 Å². The smallest absolute Gasteiger partial charge is 0.253 e. The fraction of sp³-hybridized carbons (Fsp3) is 0.231. The molecule has 0 saturated carbocycles. The summed E-state index contributed by atoms with van der Waals surface area (Å²) >= 11 is 0. The van der Waals surface area contributed by atoms with Gasteiger partial charge in [-0.2, -0.15) is 4.98 Å². The van der Waals surface area contributed by atoms with E-state index in [1.807, 2.05) is 31.2 Å². The largest absolute Gasteiger partial charge is 0.399 e. The molecule has 0 aliphatic carbocycles. The predicted molar refractivity (Wildman–Crippen MR) is 68.1 cm³/mol. The number of aromatic nitrogens is 2. The zero-order chi connectivity index (χ0) is 12.3. The Hall–Kier alpha value is -2.10. The third-order valence-corrected chi connectivity index (χ3v) is 2.42. The van der Waals surface area contributed by atoms with E-state index in [1.54, 1.807) is 0 Å². The van der Waals surface area contributed by atoms with Crippen LogP contribution in [0.25, 0.3) is 17.0 Å². The highest BCUT2D eigenvalue weighted by Crippen LogP contribution is 2.20. The van der Waals surface area contributed by atoms with Gasteiger partial charge < -0.3 is 10.3 Å². The normalized spacial score (nSPS) is 11.8. The number of hydrogen-bond donors (Lipinski definition) is 1. The van der Waals surface area contributed by atoms with Crippen molar-refractivity contribution in [1.29, 1.82) is 0 Å². The van der Waals surface area contributed by atoms with Gasteiger partial charge in [0.05, 0.1) is 0 Å². The average molecular weight is 229 g/mol. The molecule has 0 atom stereocenters. The molecule has 0 aliphatic rings. The second-order valence-corrected chi connectivity index (χ2v) is 3.84. The molecule has 1 aromatic heterocycles. The predicted octanol–water partition coefficient (Wildman–Crippen LogP) is 3.13. The van der Waals surface area contributed by atoms with Gasteiger partial charge in [-0.05, 0) is 25.5 Å². The highest BCUT2D eigenvalue weighted by molar-refractivity contribution is 5.63. The van der Waals surface area contributed by atoms with Crippen LogP contribution in [0.4, 0.5) is 5.69 Å². The van der Waals surface area contributed by atoms with E-state index >= 15 is 0 Å². The zero-order valence-corrected chi connectivity index (χ0v) is 9.97. The van der Waals surface area contributed by atoms with Crippen LogP contribution in [0.2, 0.25) is 0 Å². The lowest BCUT2D eigenvalue weighted by Crippen LogP contribution is -1.86. The molecule has 0 saturated heterocycles. The molecule has 2 rings (SSSR count). The van der Waals surface area contributed by atoms with E-state index in [0.29, 0.717) is 17.4 Å². The summed E-state index contributed by atoms with van der Waals surface area (Å²) in [5.74, 6) is 1.13. The minimum atomic E-state index is 0.560. The van der Waals surface area contributed by atoms with Crippen molar-refractivity contribution < 1.29 is 4.52 Å². The van der Waals surface area contributed by atoms with Crippen molar-refractivity contribution in [3.05, 3.63) is 36.2 Å². The van der Waals surface area contributed by atoms with Crippen LogP contribution in [0.5, 0.6) is 0 Å². The van der Waals surface area contributed by atoms with Gasteiger partial charge >= 0.3 is 0 Å². The van der Waals surface area contributed by atoms with Gasteiger partial charge in [0.1, 0.15) is 0 Å². The summed E-state index contributed by atoms with van der Waals surface area (Å²) < 4.78 is 5.20. The summed E-state index contributed by atoms with van der Waals surface area (Å²) in [4.78, 5) is 4.34. The number of nitrogens with zero attached hydrogens (tertiary/aromatic N) is 2. The minimum absolute atomic E-state index is 0.560. The van der Waals surface area contributed by atoms with Crippen LogP contribution in [0.15, 0.2) is 34.9 Å². The van der Waals surface area contributed by atoms with Crippen LogP contribution in [-0.2, 0) is 0 Å². The standard InChI is InChI=1S/C13H15N3O/c1-3-5-9(2)13-15-12(16-17-13)10-6-4-7-11(14)8-10/h4-8H,3,14H2,1-2H3/b9-5+. The quantitative estimate of drug-likeness (QED) is 0.821. The first-order valence-electron chi connectivity index (χ1n) is 5.57. The molecule has 0 fully saturated rings. The Morgan fingerprint density at radius 3 is 3.00 bits per heavy atom. The third-order valence-electron chi connectivity index (χ3n) is 2.42. The van der Waals surface area contributed by atoms with Crippen molar-refractivity contribution >= 4 is 11.3 Å². The summed E-state index contributed by atoms with van der Waals surface area (Å²) in [6, 6.07) is 7.43. The van der Waals surface area contributed by atoms with Crippen LogP contribution in [0, 0.1) is 0 Å². The molecule has 17 heavy (non-hydrogen) atoms.